The zero-order valence-electron chi connectivity index (χ0n) is 24.3. The fourth-order valence-electron chi connectivity index (χ4n) is 5.61. The fourth-order valence-corrected chi connectivity index (χ4v) is 5.61. The Labute approximate surface area is 239 Å². The number of halogens is 1. The zero-order chi connectivity index (χ0) is 29.3. The third-order valence-electron chi connectivity index (χ3n) is 7.91. The average Bonchev–Trinajstić information content (AvgIpc) is 3.56. The maximum atomic E-state index is 14.7. The molecule has 9 nitrogen and oxygen atoms in total. The molecule has 0 radical (unpaired) electrons. The first-order valence-corrected chi connectivity index (χ1v) is 13.9. The number of hydrogen-bond donors (Lipinski definition) is 1. The van der Waals surface area contributed by atoms with Gasteiger partial charge in [0.15, 0.2) is 11.6 Å². The first kappa shape index (κ1) is 28.6. The second kappa shape index (κ2) is 11.5. The van der Waals surface area contributed by atoms with Crippen molar-refractivity contribution < 1.29 is 18.7 Å². The summed E-state index contributed by atoms with van der Waals surface area (Å²) in [6.45, 7) is 8.06. The highest BCUT2D eigenvalue weighted by atomic mass is 19.1. The molecule has 0 spiro atoms. The van der Waals surface area contributed by atoms with E-state index in [-0.39, 0.29) is 40.9 Å². The number of nitrogens with two attached hydrogens (primary N) is 1. The van der Waals surface area contributed by atoms with Gasteiger partial charge in [0.1, 0.15) is 28.6 Å². The number of ketones is 1. The van der Waals surface area contributed by atoms with Gasteiger partial charge in [0.05, 0.1) is 36.0 Å². The van der Waals surface area contributed by atoms with Crippen LogP contribution in [0.4, 0.5) is 10.1 Å². The van der Waals surface area contributed by atoms with E-state index in [0.717, 1.165) is 47.5 Å². The van der Waals surface area contributed by atoms with Crippen LogP contribution in [0.5, 0.6) is 5.75 Å². The summed E-state index contributed by atoms with van der Waals surface area (Å²) in [6.07, 6.45) is 3.57. The summed E-state index contributed by atoms with van der Waals surface area (Å²) in [5.74, 6) is 0.541. The van der Waals surface area contributed by atoms with Gasteiger partial charge in [-0.2, -0.15) is 0 Å². The molecule has 216 valence electrons. The lowest BCUT2D eigenvalue weighted by atomic mass is 10.0. The lowest BCUT2D eigenvalue weighted by Gasteiger charge is -2.29. The summed E-state index contributed by atoms with van der Waals surface area (Å²) in [5.41, 5.74) is 9.74. The number of Topliss-reactive ketones (excluding diaryl/α,β-unsaturated/α-hetero) is 1. The van der Waals surface area contributed by atoms with Gasteiger partial charge in [-0.15, -0.1) is 0 Å². The van der Waals surface area contributed by atoms with E-state index in [2.05, 4.69) is 19.4 Å². The van der Waals surface area contributed by atoms with Crippen LogP contribution in [-0.4, -0.2) is 64.3 Å². The lowest BCUT2D eigenvalue weighted by Crippen LogP contribution is -2.36. The maximum Gasteiger partial charge on any atom is 0.185 e. The molecule has 1 aliphatic rings. The molecule has 2 aromatic carbocycles. The third-order valence-corrected chi connectivity index (χ3v) is 7.91. The van der Waals surface area contributed by atoms with Crippen molar-refractivity contribution in [2.24, 2.45) is 5.73 Å². The summed E-state index contributed by atoms with van der Waals surface area (Å²) in [7, 11) is 3.16. The molecule has 2 N–H and O–H groups in total. The van der Waals surface area contributed by atoms with Gasteiger partial charge in [0.2, 0.25) is 0 Å². The molecule has 1 aliphatic heterocycles. The maximum absolute atomic E-state index is 14.7. The van der Waals surface area contributed by atoms with Crippen molar-refractivity contribution in [3.63, 3.8) is 0 Å². The third kappa shape index (κ3) is 5.54. The molecular weight excluding hydrogens is 523 g/mol. The summed E-state index contributed by atoms with van der Waals surface area (Å²) >= 11 is 0. The topological polar surface area (TPSA) is 108 Å². The molecule has 0 amide bonds. The van der Waals surface area contributed by atoms with Crippen LogP contribution in [0.1, 0.15) is 48.6 Å². The number of aromatic nitrogens is 4. The van der Waals surface area contributed by atoms with E-state index in [1.165, 1.54) is 19.4 Å². The number of rotatable bonds is 10. The van der Waals surface area contributed by atoms with E-state index >= 15 is 0 Å². The van der Waals surface area contributed by atoms with Gasteiger partial charge in [-0.25, -0.2) is 19.3 Å². The van der Waals surface area contributed by atoms with E-state index < -0.39 is 5.82 Å². The molecule has 3 heterocycles. The van der Waals surface area contributed by atoms with Gasteiger partial charge in [-0.05, 0) is 63.4 Å². The number of fused-ring (bicyclic) bond motifs is 1. The fraction of sp³-hybridized carbons (Fsp3) is 0.419. The van der Waals surface area contributed by atoms with Gasteiger partial charge in [0, 0.05) is 38.9 Å². The Balaban J connectivity index is 1.57. The average molecular weight is 561 g/mol. The van der Waals surface area contributed by atoms with Crippen LogP contribution < -0.4 is 15.4 Å². The highest BCUT2D eigenvalue weighted by Gasteiger charge is 2.30. The Morgan fingerprint density at radius 2 is 1.98 bits per heavy atom. The number of aryl methyl sites for hydroxylation is 1. The molecule has 0 saturated carbocycles. The Kier molecular flexibility index (Phi) is 8.06. The van der Waals surface area contributed by atoms with Crippen molar-refractivity contribution in [2.75, 3.05) is 32.2 Å². The molecule has 10 heteroatoms. The minimum absolute atomic E-state index is 0.0966. The van der Waals surface area contributed by atoms with E-state index in [1.807, 2.05) is 32.9 Å². The van der Waals surface area contributed by atoms with Crippen LogP contribution in [0.15, 0.2) is 42.6 Å². The molecular formula is C31H37FN6O3. The molecule has 0 bridgehead atoms. The van der Waals surface area contributed by atoms with E-state index in [1.54, 1.807) is 25.3 Å². The molecule has 1 atom stereocenters. The number of carbonyl (C=O) groups excluding carboxylic acids is 1. The molecule has 4 aromatic rings. The first-order valence-electron chi connectivity index (χ1n) is 13.9. The summed E-state index contributed by atoms with van der Waals surface area (Å²) in [6, 6.07) is 10.2. The molecule has 2 aromatic heterocycles. The van der Waals surface area contributed by atoms with Crippen molar-refractivity contribution >= 4 is 22.5 Å². The van der Waals surface area contributed by atoms with Crippen LogP contribution in [0.2, 0.25) is 0 Å². The SMILES string of the molecule is COc1cccc(F)c1-c1nccc(C(=O)Cc2ccc3c(nc(C)n3CC(C)(C)OC)c2N2CCC[C@H]2CN)n1. The van der Waals surface area contributed by atoms with Gasteiger partial charge in [-0.3, -0.25) is 4.79 Å². The Bertz CT molecular complexity index is 1580. The van der Waals surface area contributed by atoms with Crippen LogP contribution in [0, 0.1) is 12.7 Å². The van der Waals surface area contributed by atoms with Gasteiger partial charge in [0.25, 0.3) is 0 Å². The van der Waals surface area contributed by atoms with Crippen LogP contribution in [0.25, 0.3) is 22.4 Å². The molecule has 5 rings (SSSR count). The van der Waals surface area contributed by atoms with Gasteiger partial charge < -0.3 is 24.7 Å². The van der Waals surface area contributed by atoms with Crippen molar-refractivity contribution in [2.45, 2.75) is 58.2 Å². The Morgan fingerprint density at radius 3 is 2.71 bits per heavy atom. The zero-order valence-corrected chi connectivity index (χ0v) is 24.3. The quantitative estimate of drug-likeness (QED) is 0.278. The van der Waals surface area contributed by atoms with Crippen molar-refractivity contribution in [1.82, 2.24) is 19.5 Å². The minimum atomic E-state index is -0.522. The van der Waals surface area contributed by atoms with Crippen LogP contribution in [-0.2, 0) is 17.7 Å². The van der Waals surface area contributed by atoms with Gasteiger partial charge in [-0.1, -0.05) is 12.1 Å². The number of ether oxygens (including phenoxy) is 2. The van der Waals surface area contributed by atoms with Crippen molar-refractivity contribution in [1.29, 1.82) is 0 Å². The van der Waals surface area contributed by atoms with E-state index in [9.17, 15) is 9.18 Å². The summed E-state index contributed by atoms with van der Waals surface area (Å²) in [5, 5.41) is 0. The molecule has 0 aliphatic carbocycles. The Morgan fingerprint density at radius 1 is 1.17 bits per heavy atom. The largest absolute Gasteiger partial charge is 0.496 e. The minimum Gasteiger partial charge on any atom is -0.496 e. The number of hydrogen-bond acceptors (Lipinski definition) is 8. The molecule has 0 unspecified atom stereocenters. The highest BCUT2D eigenvalue weighted by molar-refractivity contribution is 6.00. The molecule has 1 fully saturated rings. The van der Waals surface area contributed by atoms with Crippen molar-refractivity contribution in [3.8, 4) is 17.1 Å². The van der Waals surface area contributed by atoms with Crippen LogP contribution in [0.3, 0.4) is 0 Å². The summed E-state index contributed by atoms with van der Waals surface area (Å²) in [4.78, 5) is 29.7. The predicted octanol–water partition coefficient (Wildman–Crippen LogP) is 4.73. The van der Waals surface area contributed by atoms with Crippen molar-refractivity contribution in [3.05, 3.63) is 65.5 Å². The lowest BCUT2D eigenvalue weighted by molar-refractivity contribution is 0.00859. The number of methoxy groups -OCH3 is 2. The number of benzene rings is 2. The summed E-state index contributed by atoms with van der Waals surface area (Å²) < 4.78 is 27.9. The monoisotopic (exact) mass is 560 g/mol. The number of anilines is 1. The molecule has 41 heavy (non-hydrogen) atoms. The van der Waals surface area contributed by atoms with E-state index in [4.69, 9.17) is 20.2 Å². The Hall–Kier alpha value is -3.89. The molecule has 1 saturated heterocycles. The number of imidazole rings is 1. The number of nitrogens with zero attached hydrogens (tertiary/aromatic N) is 5. The smallest absolute Gasteiger partial charge is 0.185 e. The normalized spacial score (nSPS) is 15.6. The highest BCUT2D eigenvalue weighted by Crippen LogP contribution is 2.37. The van der Waals surface area contributed by atoms with E-state index in [0.29, 0.717) is 18.8 Å². The first-order chi connectivity index (χ1) is 19.7. The second-order valence-corrected chi connectivity index (χ2v) is 11.1. The predicted molar refractivity (Wildman–Crippen MR) is 157 cm³/mol. The van der Waals surface area contributed by atoms with Gasteiger partial charge >= 0.3 is 0 Å². The number of carbonyl (C=O) groups is 1. The van der Waals surface area contributed by atoms with Crippen LogP contribution >= 0.6 is 0 Å². The standard InChI is InChI=1S/C31H37FN6O3/c1-19-35-28-24(38(19)18-31(2,3)41-5)12-11-20(29(28)37-15-7-8-21(37)17-33)16-25(39)23-13-14-34-30(36-23)27-22(32)9-6-10-26(27)40-4/h6,9-14,21H,7-8,15-18,33H2,1-5H3/t21-/m0/s1. The second-order valence-electron chi connectivity index (χ2n) is 11.1.